The third-order valence-corrected chi connectivity index (χ3v) is 4.53. The molecule has 1 aromatic rings. The number of urea groups is 2. The van der Waals surface area contributed by atoms with E-state index in [9.17, 15) is 14.4 Å². The molecule has 0 bridgehead atoms. The Labute approximate surface area is 133 Å². The van der Waals surface area contributed by atoms with E-state index in [0.29, 0.717) is 25.3 Å². The van der Waals surface area contributed by atoms with Crippen molar-refractivity contribution < 1.29 is 14.4 Å². The van der Waals surface area contributed by atoms with Crippen molar-refractivity contribution >= 4 is 29.3 Å². The maximum Gasteiger partial charge on any atom is 0.330 e. The molecule has 23 heavy (non-hydrogen) atoms. The summed E-state index contributed by atoms with van der Waals surface area (Å²) in [6, 6.07) is 4.76. The molecule has 0 spiro atoms. The summed E-state index contributed by atoms with van der Waals surface area (Å²) in [7, 11) is 0. The molecule has 2 heterocycles. The van der Waals surface area contributed by atoms with Gasteiger partial charge in [-0.15, -0.1) is 0 Å². The minimum absolute atomic E-state index is 0.174. The minimum Gasteiger partial charge on any atom is -0.336 e. The summed E-state index contributed by atoms with van der Waals surface area (Å²) in [6.07, 6.45) is 2.80. The van der Waals surface area contributed by atoms with Gasteiger partial charge in [0.2, 0.25) is 5.91 Å². The zero-order chi connectivity index (χ0) is 16.0. The van der Waals surface area contributed by atoms with Crippen LogP contribution in [0, 0.1) is 5.92 Å². The second-order valence-corrected chi connectivity index (χ2v) is 6.17. The van der Waals surface area contributed by atoms with Gasteiger partial charge in [-0.05, 0) is 37.0 Å². The molecular weight excluding hydrogens is 296 g/mol. The van der Waals surface area contributed by atoms with E-state index in [2.05, 4.69) is 10.6 Å². The topological polar surface area (TPSA) is 81.8 Å². The predicted octanol–water partition coefficient (Wildman–Crippen LogP) is 1.54. The van der Waals surface area contributed by atoms with Gasteiger partial charge in [-0.3, -0.25) is 4.79 Å². The van der Waals surface area contributed by atoms with Gasteiger partial charge in [-0.2, -0.15) is 0 Å². The monoisotopic (exact) mass is 314 g/mol. The summed E-state index contributed by atoms with van der Waals surface area (Å²) in [5.74, 6) is 0.360. The number of anilines is 2. The van der Waals surface area contributed by atoms with E-state index in [0.717, 1.165) is 35.4 Å². The molecule has 0 unspecified atom stereocenters. The third-order valence-electron chi connectivity index (χ3n) is 4.53. The molecule has 5 amide bonds. The second-order valence-electron chi connectivity index (χ2n) is 6.17. The van der Waals surface area contributed by atoms with Crippen molar-refractivity contribution in [2.75, 3.05) is 29.9 Å². The Morgan fingerprint density at radius 2 is 2.00 bits per heavy atom. The van der Waals surface area contributed by atoms with Crippen molar-refractivity contribution in [3.8, 4) is 0 Å². The van der Waals surface area contributed by atoms with Crippen LogP contribution in [0.3, 0.4) is 0 Å². The zero-order valence-corrected chi connectivity index (χ0v) is 12.7. The lowest BCUT2D eigenvalue weighted by molar-refractivity contribution is -0.119. The largest absolute Gasteiger partial charge is 0.336 e. The van der Waals surface area contributed by atoms with Gasteiger partial charge in [0.15, 0.2) is 0 Å². The molecule has 0 atom stereocenters. The molecule has 1 aromatic carbocycles. The van der Waals surface area contributed by atoms with Crippen LogP contribution in [0.2, 0.25) is 0 Å². The van der Waals surface area contributed by atoms with Crippen molar-refractivity contribution in [1.82, 2.24) is 10.2 Å². The highest BCUT2D eigenvalue weighted by atomic mass is 16.2. The lowest BCUT2D eigenvalue weighted by Crippen LogP contribution is -2.37. The van der Waals surface area contributed by atoms with Crippen LogP contribution in [0.1, 0.15) is 18.4 Å². The molecule has 2 N–H and O–H groups in total. The Kier molecular flexibility index (Phi) is 3.21. The summed E-state index contributed by atoms with van der Waals surface area (Å²) < 4.78 is 0. The number of hydrogen-bond donors (Lipinski definition) is 2. The fraction of sp³-hybridized carbons (Fsp3) is 0.438. The lowest BCUT2D eigenvalue weighted by atomic mass is 10.1. The van der Waals surface area contributed by atoms with Gasteiger partial charge < -0.3 is 15.5 Å². The standard InChI is InChI=1S/C16H18N4O3/c21-14(11-1-2-11)19-7-5-10-3-4-12(9-13(10)19)18-16(23)20-8-6-17-15(20)22/h3-4,9,11H,1-2,5-8H2,(H,17,22)(H,18,23). The molecule has 0 aromatic heterocycles. The quantitative estimate of drug-likeness (QED) is 0.869. The maximum atomic E-state index is 12.3. The average molecular weight is 314 g/mol. The smallest absolute Gasteiger partial charge is 0.330 e. The maximum absolute atomic E-state index is 12.3. The molecule has 2 fully saturated rings. The zero-order valence-electron chi connectivity index (χ0n) is 12.7. The highest BCUT2D eigenvalue weighted by Gasteiger charge is 2.36. The van der Waals surface area contributed by atoms with Crippen molar-refractivity contribution in [3.05, 3.63) is 23.8 Å². The van der Waals surface area contributed by atoms with Crippen LogP contribution in [0.4, 0.5) is 21.0 Å². The van der Waals surface area contributed by atoms with Crippen molar-refractivity contribution in [1.29, 1.82) is 0 Å². The van der Waals surface area contributed by atoms with Gasteiger partial charge in [0, 0.05) is 36.9 Å². The number of fused-ring (bicyclic) bond motifs is 1. The molecule has 2 aliphatic heterocycles. The summed E-state index contributed by atoms with van der Waals surface area (Å²) in [4.78, 5) is 38.9. The number of hydrogen-bond acceptors (Lipinski definition) is 3. The molecule has 3 aliphatic rings. The van der Waals surface area contributed by atoms with Crippen molar-refractivity contribution in [2.45, 2.75) is 19.3 Å². The first-order chi connectivity index (χ1) is 11.1. The SMILES string of the molecule is O=C1NCCN1C(=O)Nc1ccc2c(c1)N(C(=O)C1CC1)CC2. The summed E-state index contributed by atoms with van der Waals surface area (Å²) in [5.41, 5.74) is 2.60. The first-order valence-corrected chi connectivity index (χ1v) is 7.94. The number of benzene rings is 1. The first kappa shape index (κ1) is 14.0. The van der Waals surface area contributed by atoms with E-state index in [1.165, 1.54) is 0 Å². The third kappa shape index (κ3) is 2.52. The molecular formula is C16H18N4O3. The fourth-order valence-corrected chi connectivity index (χ4v) is 3.09. The van der Waals surface area contributed by atoms with Gasteiger partial charge in [0.25, 0.3) is 0 Å². The van der Waals surface area contributed by atoms with Crippen LogP contribution in [-0.4, -0.2) is 42.5 Å². The second kappa shape index (κ2) is 5.26. The number of imide groups is 1. The molecule has 7 nitrogen and oxygen atoms in total. The van der Waals surface area contributed by atoms with Crippen LogP contribution in [0.25, 0.3) is 0 Å². The molecule has 1 saturated carbocycles. The normalized spacial score (nSPS) is 19.6. The van der Waals surface area contributed by atoms with E-state index in [4.69, 9.17) is 0 Å². The Morgan fingerprint density at radius 3 is 2.70 bits per heavy atom. The van der Waals surface area contributed by atoms with E-state index >= 15 is 0 Å². The number of amides is 5. The van der Waals surface area contributed by atoms with Gasteiger partial charge in [-0.25, -0.2) is 14.5 Å². The van der Waals surface area contributed by atoms with Gasteiger partial charge >= 0.3 is 12.1 Å². The van der Waals surface area contributed by atoms with Crippen LogP contribution < -0.4 is 15.5 Å². The average Bonchev–Trinajstić information content (AvgIpc) is 3.17. The Balaban J connectivity index is 1.52. The van der Waals surface area contributed by atoms with E-state index in [1.54, 1.807) is 0 Å². The van der Waals surface area contributed by atoms with Gasteiger partial charge in [0.05, 0.1) is 0 Å². The fourth-order valence-electron chi connectivity index (χ4n) is 3.09. The Hall–Kier alpha value is -2.57. The van der Waals surface area contributed by atoms with Crippen LogP contribution in [0.5, 0.6) is 0 Å². The Morgan fingerprint density at radius 1 is 1.17 bits per heavy atom. The van der Waals surface area contributed by atoms with Crippen molar-refractivity contribution in [2.24, 2.45) is 5.92 Å². The first-order valence-electron chi connectivity index (χ1n) is 7.94. The molecule has 120 valence electrons. The van der Waals surface area contributed by atoms with Crippen LogP contribution in [-0.2, 0) is 11.2 Å². The number of nitrogens with zero attached hydrogens (tertiary/aromatic N) is 2. The summed E-state index contributed by atoms with van der Waals surface area (Å²) >= 11 is 0. The number of rotatable bonds is 2. The molecule has 0 radical (unpaired) electrons. The summed E-state index contributed by atoms with van der Waals surface area (Å²) in [5, 5.41) is 5.33. The van der Waals surface area contributed by atoms with Gasteiger partial charge in [-0.1, -0.05) is 6.07 Å². The Bertz CT molecular complexity index is 699. The van der Waals surface area contributed by atoms with E-state index in [1.807, 2.05) is 23.1 Å². The highest BCUT2D eigenvalue weighted by molar-refractivity contribution is 6.03. The lowest BCUT2D eigenvalue weighted by Gasteiger charge is -2.19. The van der Waals surface area contributed by atoms with E-state index < -0.39 is 6.03 Å². The van der Waals surface area contributed by atoms with E-state index in [-0.39, 0.29) is 17.9 Å². The minimum atomic E-state index is -0.446. The molecule has 1 saturated heterocycles. The number of carbonyl (C=O) groups excluding carboxylic acids is 3. The number of carbonyl (C=O) groups is 3. The van der Waals surface area contributed by atoms with Gasteiger partial charge in [0.1, 0.15) is 0 Å². The van der Waals surface area contributed by atoms with Crippen molar-refractivity contribution in [3.63, 3.8) is 0 Å². The predicted molar refractivity (Wildman–Crippen MR) is 84.3 cm³/mol. The molecule has 1 aliphatic carbocycles. The molecule has 7 heteroatoms. The highest BCUT2D eigenvalue weighted by Crippen LogP contribution is 2.37. The van der Waals surface area contributed by atoms with Crippen LogP contribution in [0.15, 0.2) is 18.2 Å². The van der Waals surface area contributed by atoms with Crippen LogP contribution >= 0.6 is 0 Å². The molecule has 4 rings (SSSR count). The number of nitrogens with one attached hydrogen (secondary N) is 2. The summed E-state index contributed by atoms with van der Waals surface area (Å²) in [6.45, 7) is 1.54.